The molecule has 0 amide bonds. The lowest BCUT2D eigenvalue weighted by molar-refractivity contribution is -0.192. The number of rotatable bonds is 1. The molecule has 0 aromatic heterocycles. The Morgan fingerprint density at radius 3 is 2.20 bits per heavy atom. The molecule has 2 fully saturated rings. The molecule has 1 saturated heterocycles. The summed E-state index contributed by atoms with van der Waals surface area (Å²) in [6.45, 7) is 1.26. The molecule has 3 rings (SSSR count). The van der Waals surface area contributed by atoms with Gasteiger partial charge in [-0.05, 0) is 36.8 Å². The largest absolute Gasteiger partial charge is 0.490 e. The zero-order chi connectivity index (χ0) is 14.8. The Kier molecular flexibility index (Phi) is 4.32. The van der Waals surface area contributed by atoms with E-state index in [1.165, 1.54) is 24.9 Å². The second-order valence-electron chi connectivity index (χ2n) is 5.17. The van der Waals surface area contributed by atoms with Gasteiger partial charge in [0.25, 0.3) is 0 Å². The molecule has 1 aliphatic heterocycles. The quantitative estimate of drug-likeness (QED) is 0.835. The fourth-order valence-electron chi connectivity index (χ4n) is 2.92. The van der Waals surface area contributed by atoms with Gasteiger partial charge in [0.05, 0.1) is 0 Å². The molecular formula is C14H16F3NO2. The summed E-state index contributed by atoms with van der Waals surface area (Å²) in [6, 6.07) is 11.7. The molecule has 0 unspecified atom stereocenters. The molecule has 1 aromatic rings. The number of alkyl halides is 3. The molecule has 110 valence electrons. The van der Waals surface area contributed by atoms with Gasteiger partial charge in [0.15, 0.2) is 0 Å². The summed E-state index contributed by atoms with van der Waals surface area (Å²) in [5.41, 5.74) is 1.53. The lowest BCUT2D eigenvalue weighted by atomic mass is 9.92. The van der Waals surface area contributed by atoms with Crippen molar-refractivity contribution in [2.45, 2.75) is 31.0 Å². The van der Waals surface area contributed by atoms with E-state index < -0.39 is 12.1 Å². The Hall–Kier alpha value is -1.56. The van der Waals surface area contributed by atoms with Crippen molar-refractivity contribution in [1.82, 2.24) is 5.32 Å². The van der Waals surface area contributed by atoms with Crippen LogP contribution in [-0.4, -0.2) is 29.8 Å². The van der Waals surface area contributed by atoms with E-state index in [1.807, 2.05) is 0 Å². The molecule has 2 bridgehead atoms. The molecular weight excluding hydrogens is 271 g/mol. The molecule has 2 aliphatic rings. The van der Waals surface area contributed by atoms with E-state index in [1.54, 1.807) is 0 Å². The number of carbonyl (C=O) groups is 1. The smallest absolute Gasteiger partial charge is 0.475 e. The van der Waals surface area contributed by atoms with E-state index >= 15 is 0 Å². The third kappa shape index (κ3) is 3.50. The Morgan fingerprint density at radius 1 is 1.20 bits per heavy atom. The second-order valence-corrected chi connectivity index (χ2v) is 5.17. The van der Waals surface area contributed by atoms with Crippen LogP contribution in [0.25, 0.3) is 0 Å². The summed E-state index contributed by atoms with van der Waals surface area (Å²) < 4.78 is 31.7. The van der Waals surface area contributed by atoms with E-state index in [9.17, 15) is 13.2 Å². The van der Waals surface area contributed by atoms with Gasteiger partial charge >= 0.3 is 12.1 Å². The molecule has 3 nitrogen and oxygen atoms in total. The summed E-state index contributed by atoms with van der Waals surface area (Å²) in [5.74, 6) is -1.01. The number of nitrogens with one attached hydrogen (secondary N) is 1. The number of carboxylic acid groups (broad SMARTS) is 1. The number of aliphatic carboxylic acids is 1. The van der Waals surface area contributed by atoms with Crippen molar-refractivity contribution in [3.05, 3.63) is 35.9 Å². The highest BCUT2D eigenvalue weighted by molar-refractivity contribution is 5.73. The predicted octanol–water partition coefficient (Wildman–Crippen LogP) is 2.79. The van der Waals surface area contributed by atoms with E-state index in [-0.39, 0.29) is 0 Å². The number of fused-ring (bicyclic) bond motifs is 2. The Labute approximate surface area is 114 Å². The van der Waals surface area contributed by atoms with Gasteiger partial charge in [0.1, 0.15) is 0 Å². The van der Waals surface area contributed by atoms with Crippen molar-refractivity contribution in [3.8, 4) is 0 Å². The minimum absolute atomic E-state index is 0.771. The Bertz CT molecular complexity index is 461. The van der Waals surface area contributed by atoms with Gasteiger partial charge in [-0.3, -0.25) is 0 Å². The molecule has 1 heterocycles. The maximum absolute atomic E-state index is 10.6. The lowest BCUT2D eigenvalue weighted by Gasteiger charge is -2.22. The fourth-order valence-corrected chi connectivity index (χ4v) is 2.92. The summed E-state index contributed by atoms with van der Waals surface area (Å²) in [5, 5.41) is 10.7. The van der Waals surface area contributed by atoms with Gasteiger partial charge in [-0.2, -0.15) is 13.2 Å². The topological polar surface area (TPSA) is 49.3 Å². The first-order chi connectivity index (χ1) is 9.38. The highest BCUT2D eigenvalue weighted by Crippen LogP contribution is 2.41. The maximum Gasteiger partial charge on any atom is 0.490 e. The van der Waals surface area contributed by atoms with Crippen molar-refractivity contribution in [1.29, 1.82) is 0 Å². The van der Waals surface area contributed by atoms with Crippen LogP contribution in [-0.2, 0) is 4.79 Å². The fraction of sp³-hybridized carbons (Fsp3) is 0.500. The van der Waals surface area contributed by atoms with Gasteiger partial charge < -0.3 is 10.4 Å². The number of hydrogen-bond donors (Lipinski definition) is 2. The Balaban J connectivity index is 0.000000182. The third-order valence-corrected chi connectivity index (χ3v) is 3.80. The predicted molar refractivity (Wildman–Crippen MR) is 67.4 cm³/mol. The number of piperidine rings is 1. The number of carboxylic acids is 1. The van der Waals surface area contributed by atoms with E-state index in [0.29, 0.717) is 0 Å². The third-order valence-electron chi connectivity index (χ3n) is 3.80. The standard InChI is InChI=1S/C12H15N.C2HF3O2/c1-2-4-10(5-3-1)11-6-9-7-12(11)13-8-9;3-2(4,5)1(6)7/h1-5,9,11-13H,6-8H2;(H,6,7)/t9-,11+,12-;/m1./s1. The van der Waals surface area contributed by atoms with Crippen LogP contribution in [0.4, 0.5) is 13.2 Å². The number of benzene rings is 1. The van der Waals surface area contributed by atoms with E-state index in [0.717, 1.165) is 17.9 Å². The molecule has 3 atom stereocenters. The molecule has 1 aliphatic carbocycles. The van der Waals surface area contributed by atoms with Gasteiger partial charge in [-0.15, -0.1) is 0 Å². The summed E-state index contributed by atoms with van der Waals surface area (Å²) in [6.07, 6.45) is -2.28. The van der Waals surface area contributed by atoms with E-state index in [4.69, 9.17) is 9.90 Å². The van der Waals surface area contributed by atoms with Crippen LogP contribution >= 0.6 is 0 Å². The SMILES string of the molecule is O=C(O)C(F)(F)F.c1ccc([C@@H]2C[C@H]3CN[C@@H]2C3)cc1. The summed E-state index contributed by atoms with van der Waals surface area (Å²) in [7, 11) is 0. The van der Waals surface area contributed by atoms with Crippen LogP contribution in [0.15, 0.2) is 30.3 Å². The van der Waals surface area contributed by atoms with Crippen molar-refractivity contribution in [2.24, 2.45) is 5.92 Å². The van der Waals surface area contributed by atoms with Crippen molar-refractivity contribution in [2.75, 3.05) is 6.54 Å². The monoisotopic (exact) mass is 287 g/mol. The zero-order valence-corrected chi connectivity index (χ0v) is 10.7. The van der Waals surface area contributed by atoms with E-state index in [2.05, 4.69) is 35.6 Å². The van der Waals surface area contributed by atoms with Crippen molar-refractivity contribution in [3.63, 3.8) is 0 Å². The zero-order valence-electron chi connectivity index (χ0n) is 10.7. The molecule has 1 aromatic carbocycles. The summed E-state index contributed by atoms with van der Waals surface area (Å²) >= 11 is 0. The minimum Gasteiger partial charge on any atom is -0.475 e. The molecule has 1 saturated carbocycles. The second kappa shape index (κ2) is 5.83. The average Bonchev–Trinajstić information content (AvgIpc) is 3.01. The van der Waals surface area contributed by atoms with Crippen LogP contribution in [0, 0.1) is 5.92 Å². The normalized spacial score (nSPS) is 27.9. The summed E-state index contributed by atoms with van der Waals surface area (Å²) in [4.78, 5) is 8.90. The van der Waals surface area contributed by atoms with Gasteiger partial charge in [-0.25, -0.2) is 4.79 Å². The highest BCUT2D eigenvalue weighted by atomic mass is 19.4. The highest BCUT2D eigenvalue weighted by Gasteiger charge is 2.39. The van der Waals surface area contributed by atoms with Crippen LogP contribution in [0.2, 0.25) is 0 Å². The van der Waals surface area contributed by atoms with Crippen LogP contribution in [0.5, 0.6) is 0 Å². The van der Waals surface area contributed by atoms with Crippen LogP contribution in [0.3, 0.4) is 0 Å². The van der Waals surface area contributed by atoms with Gasteiger partial charge in [0, 0.05) is 6.04 Å². The average molecular weight is 287 g/mol. The first-order valence-corrected chi connectivity index (χ1v) is 6.46. The Morgan fingerprint density at radius 2 is 1.80 bits per heavy atom. The van der Waals surface area contributed by atoms with Crippen molar-refractivity contribution >= 4 is 5.97 Å². The first-order valence-electron chi connectivity index (χ1n) is 6.46. The minimum atomic E-state index is -5.08. The maximum atomic E-state index is 10.6. The molecule has 0 spiro atoms. The molecule has 20 heavy (non-hydrogen) atoms. The van der Waals surface area contributed by atoms with Crippen LogP contribution in [0.1, 0.15) is 24.3 Å². The van der Waals surface area contributed by atoms with Crippen LogP contribution < -0.4 is 5.32 Å². The van der Waals surface area contributed by atoms with Gasteiger partial charge in [0.2, 0.25) is 0 Å². The lowest BCUT2D eigenvalue weighted by Crippen LogP contribution is -2.31. The molecule has 6 heteroatoms. The molecule has 2 N–H and O–H groups in total. The first kappa shape index (κ1) is 14.8. The van der Waals surface area contributed by atoms with Gasteiger partial charge in [-0.1, -0.05) is 30.3 Å². The van der Waals surface area contributed by atoms with Crippen molar-refractivity contribution < 1.29 is 23.1 Å². The molecule has 0 radical (unpaired) electrons. The number of hydrogen-bond acceptors (Lipinski definition) is 2. The number of halogens is 3.